The Morgan fingerprint density at radius 3 is 2.65 bits per heavy atom. The summed E-state index contributed by atoms with van der Waals surface area (Å²) in [5, 5.41) is 14.3. The van der Waals surface area contributed by atoms with Crippen LogP contribution in [0.5, 0.6) is 0 Å². The van der Waals surface area contributed by atoms with Gasteiger partial charge in [0.1, 0.15) is 0 Å². The van der Waals surface area contributed by atoms with Crippen LogP contribution in [0.15, 0.2) is 0 Å². The normalized spacial score (nSPS) is 17.9. The van der Waals surface area contributed by atoms with E-state index in [9.17, 15) is 10.1 Å². The fourth-order valence-electron chi connectivity index (χ4n) is 2.93. The van der Waals surface area contributed by atoms with Crippen molar-refractivity contribution in [3.05, 3.63) is 15.9 Å². The maximum Gasteiger partial charge on any atom is 0.406 e. The van der Waals surface area contributed by atoms with Gasteiger partial charge in [0, 0.05) is 25.6 Å². The Morgan fingerprint density at radius 1 is 1.45 bits per heavy atom. The van der Waals surface area contributed by atoms with Crippen LogP contribution in [-0.2, 0) is 6.54 Å². The molecule has 7 heteroatoms. The van der Waals surface area contributed by atoms with Gasteiger partial charge in [0.15, 0.2) is 0 Å². The van der Waals surface area contributed by atoms with Gasteiger partial charge >= 0.3 is 5.82 Å². The maximum atomic E-state index is 11.1. The molecule has 0 atom stereocenters. The molecule has 0 amide bonds. The van der Waals surface area contributed by atoms with E-state index in [1.807, 2.05) is 11.5 Å². The highest BCUT2D eigenvalue weighted by molar-refractivity contribution is 5.54. The Morgan fingerprint density at radius 2 is 2.10 bits per heavy atom. The van der Waals surface area contributed by atoms with Gasteiger partial charge in [-0.15, -0.1) is 0 Å². The molecular weight excluding hydrogens is 258 g/mol. The van der Waals surface area contributed by atoms with Gasteiger partial charge in [0.05, 0.1) is 0 Å². The van der Waals surface area contributed by atoms with Crippen LogP contribution in [0.4, 0.5) is 11.6 Å². The lowest BCUT2D eigenvalue weighted by Gasteiger charge is -2.33. The maximum absolute atomic E-state index is 11.1. The molecule has 0 unspecified atom stereocenters. The summed E-state index contributed by atoms with van der Waals surface area (Å²) in [6, 6.07) is 0. The number of nitrogens with one attached hydrogen (secondary N) is 1. The first-order valence-electron chi connectivity index (χ1n) is 7.21. The van der Waals surface area contributed by atoms with Gasteiger partial charge < -0.3 is 21.2 Å². The molecule has 1 aromatic rings. The van der Waals surface area contributed by atoms with Crippen LogP contribution in [0, 0.1) is 17.0 Å². The molecule has 0 saturated heterocycles. The van der Waals surface area contributed by atoms with Crippen molar-refractivity contribution in [1.82, 2.24) is 9.55 Å². The number of anilines is 1. The smallest absolute Gasteiger partial charge is 0.362 e. The molecule has 0 aliphatic heterocycles. The molecule has 3 N–H and O–H groups in total. The van der Waals surface area contributed by atoms with Crippen molar-refractivity contribution >= 4 is 11.6 Å². The van der Waals surface area contributed by atoms with Crippen molar-refractivity contribution in [3.8, 4) is 0 Å². The summed E-state index contributed by atoms with van der Waals surface area (Å²) in [4.78, 5) is 14.7. The molecule has 0 spiro atoms. The highest BCUT2D eigenvalue weighted by Gasteiger charge is 2.30. The van der Waals surface area contributed by atoms with Gasteiger partial charge in [-0.3, -0.25) is 4.57 Å². The number of aryl methyl sites for hydroxylation is 1. The van der Waals surface area contributed by atoms with Crippen LogP contribution in [0.25, 0.3) is 0 Å². The van der Waals surface area contributed by atoms with E-state index in [0.29, 0.717) is 24.7 Å². The second kappa shape index (κ2) is 5.78. The molecular formula is C13H23N5O2. The highest BCUT2D eigenvalue weighted by atomic mass is 16.6. The van der Waals surface area contributed by atoms with Crippen molar-refractivity contribution in [2.24, 2.45) is 5.73 Å². The molecule has 7 nitrogen and oxygen atoms in total. The lowest BCUT2D eigenvalue weighted by Crippen LogP contribution is -2.47. The van der Waals surface area contributed by atoms with Crippen molar-refractivity contribution in [3.63, 3.8) is 0 Å². The number of nitrogens with zero attached hydrogens (tertiary/aromatic N) is 3. The average molecular weight is 281 g/mol. The molecule has 20 heavy (non-hydrogen) atoms. The molecule has 0 aromatic carbocycles. The van der Waals surface area contributed by atoms with E-state index in [1.54, 1.807) is 6.92 Å². The Labute approximate surface area is 118 Å². The Balaban J connectivity index is 2.17. The zero-order valence-electron chi connectivity index (χ0n) is 12.2. The molecule has 1 saturated carbocycles. The van der Waals surface area contributed by atoms with Crippen LogP contribution in [0.1, 0.15) is 44.9 Å². The van der Waals surface area contributed by atoms with Gasteiger partial charge in [0.25, 0.3) is 0 Å². The summed E-state index contributed by atoms with van der Waals surface area (Å²) >= 11 is 0. The first kappa shape index (κ1) is 14.8. The number of nitro groups is 1. The van der Waals surface area contributed by atoms with E-state index < -0.39 is 4.92 Å². The number of aromatic nitrogens is 2. The molecule has 0 radical (unpaired) electrons. The van der Waals surface area contributed by atoms with Crippen molar-refractivity contribution in [2.45, 2.75) is 58.0 Å². The topological polar surface area (TPSA) is 99.0 Å². The summed E-state index contributed by atoms with van der Waals surface area (Å²) in [7, 11) is 0. The quantitative estimate of drug-likeness (QED) is 0.636. The van der Waals surface area contributed by atoms with Gasteiger partial charge in [0.2, 0.25) is 11.6 Å². The van der Waals surface area contributed by atoms with E-state index in [1.165, 1.54) is 6.42 Å². The summed E-state index contributed by atoms with van der Waals surface area (Å²) < 4.78 is 1.82. The van der Waals surface area contributed by atoms with E-state index in [-0.39, 0.29) is 11.4 Å². The number of nitrogens with two attached hydrogens (primary N) is 1. The van der Waals surface area contributed by atoms with Crippen LogP contribution >= 0.6 is 0 Å². The first-order chi connectivity index (χ1) is 9.47. The predicted octanol–water partition coefficient (Wildman–Crippen LogP) is 2.19. The van der Waals surface area contributed by atoms with Gasteiger partial charge in [-0.1, -0.05) is 19.3 Å². The molecule has 0 bridgehead atoms. The van der Waals surface area contributed by atoms with E-state index in [2.05, 4.69) is 10.3 Å². The lowest BCUT2D eigenvalue weighted by atomic mass is 9.82. The predicted molar refractivity (Wildman–Crippen MR) is 77.8 cm³/mol. The van der Waals surface area contributed by atoms with Gasteiger partial charge in [-0.2, -0.15) is 0 Å². The van der Waals surface area contributed by atoms with Crippen molar-refractivity contribution in [1.29, 1.82) is 0 Å². The number of rotatable bonds is 5. The van der Waals surface area contributed by atoms with E-state index in [0.717, 1.165) is 25.7 Å². The minimum atomic E-state index is -0.439. The van der Waals surface area contributed by atoms with E-state index in [4.69, 9.17) is 5.73 Å². The molecule has 112 valence electrons. The minimum absolute atomic E-state index is 0.108. The number of imidazole rings is 1. The summed E-state index contributed by atoms with van der Waals surface area (Å²) in [5.41, 5.74) is 6.11. The molecule has 1 aliphatic rings. The summed E-state index contributed by atoms with van der Waals surface area (Å²) in [5.74, 6) is 1.02. The molecule has 1 heterocycles. The Kier molecular flexibility index (Phi) is 4.27. The lowest BCUT2D eigenvalue weighted by molar-refractivity contribution is -0.388. The second-order valence-electron chi connectivity index (χ2n) is 5.61. The van der Waals surface area contributed by atoms with Gasteiger partial charge in [-0.25, -0.2) is 0 Å². The Bertz CT molecular complexity index is 491. The fourth-order valence-corrected chi connectivity index (χ4v) is 2.93. The second-order valence-corrected chi connectivity index (χ2v) is 5.61. The zero-order valence-corrected chi connectivity index (χ0v) is 12.2. The molecule has 1 aromatic heterocycles. The van der Waals surface area contributed by atoms with Crippen LogP contribution in [0.3, 0.4) is 0 Å². The van der Waals surface area contributed by atoms with Crippen molar-refractivity contribution < 1.29 is 4.92 Å². The first-order valence-corrected chi connectivity index (χ1v) is 7.21. The van der Waals surface area contributed by atoms with Gasteiger partial charge in [-0.05, 0) is 29.7 Å². The SMILES string of the molecule is CCn1c(C)nc([N+](=O)[O-])c1NCC1(N)CCCCC1. The number of hydrogen-bond donors (Lipinski definition) is 2. The van der Waals surface area contributed by atoms with Crippen LogP contribution < -0.4 is 11.1 Å². The fraction of sp³-hybridized carbons (Fsp3) is 0.769. The third kappa shape index (κ3) is 2.92. The summed E-state index contributed by atoms with van der Waals surface area (Å²) in [6.07, 6.45) is 5.42. The largest absolute Gasteiger partial charge is 0.406 e. The molecule has 1 aliphatic carbocycles. The zero-order chi connectivity index (χ0) is 14.8. The summed E-state index contributed by atoms with van der Waals surface area (Å²) in [6.45, 7) is 4.93. The minimum Gasteiger partial charge on any atom is -0.362 e. The van der Waals surface area contributed by atoms with Crippen LogP contribution in [0.2, 0.25) is 0 Å². The highest BCUT2D eigenvalue weighted by Crippen LogP contribution is 2.29. The third-order valence-corrected chi connectivity index (χ3v) is 4.09. The van der Waals surface area contributed by atoms with Crippen LogP contribution in [-0.4, -0.2) is 26.6 Å². The van der Waals surface area contributed by atoms with E-state index >= 15 is 0 Å². The third-order valence-electron chi connectivity index (χ3n) is 4.09. The Hall–Kier alpha value is -1.63. The molecule has 2 rings (SSSR count). The van der Waals surface area contributed by atoms with Crippen molar-refractivity contribution in [2.75, 3.05) is 11.9 Å². The molecule has 1 fully saturated rings. The monoisotopic (exact) mass is 281 g/mol. The standard InChI is InChI=1S/C13H23N5O2/c1-3-17-10(2)16-12(18(19)20)11(17)15-9-13(14)7-5-4-6-8-13/h15H,3-9,14H2,1-2H3. The number of hydrogen-bond acceptors (Lipinski definition) is 5. The average Bonchev–Trinajstić information content (AvgIpc) is 2.73.